The molecule has 0 bridgehead atoms. The lowest BCUT2D eigenvalue weighted by Crippen LogP contribution is -2.33. The summed E-state index contributed by atoms with van der Waals surface area (Å²) in [6.07, 6.45) is 1.27. The molecule has 0 aromatic heterocycles. The van der Waals surface area contributed by atoms with Crippen LogP contribution in [-0.2, 0) is 4.74 Å². The first-order valence-corrected chi connectivity index (χ1v) is 7.06. The van der Waals surface area contributed by atoms with Crippen molar-refractivity contribution in [1.82, 2.24) is 5.32 Å². The first-order valence-electron chi connectivity index (χ1n) is 7.06. The van der Waals surface area contributed by atoms with Crippen LogP contribution >= 0.6 is 0 Å². The van der Waals surface area contributed by atoms with E-state index in [4.69, 9.17) is 4.74 Å². The summed E-state index contributed by atoms with van der Waals surface area (Å²) in [6, 6.07) is 6.99. The zero-order valence-electron chi connectivity index (χ0n) is 12.4. The average Bonchev–Trinajstić information content (AvgIpc) is 2.37. The molecule has 2 atom stereocenters. The highest BCUT2D eigenvalue weighted by atomic mass is 16.5. The van der Waals surface area contributed by atoms with Gasteiger partial charge in [0.05, 0.1) is 12.1 Å². The third-order valence-electron chi connectivity index (χ3n) is 3.47. The summed E-state index contributed by atoms with van der Waals surface area (Å²) < 4.78 is 5.87. The highest BCUT2D eigenvalue weighted by Crippen LogP contribution is 2.23. The smallest absolute Gasteiger partial charge is 0.0766 e. The Bertz CT molecular complexity index is 362. The monoisotopic (exact) mass is 249 g/mol. The van der Waals surface area contributed by atoms with E-state index in [2.05, 4.69) is 58.1 Å². The molecule has 102 valence electrons. The van der Waals surface area contributed by atoms with E-state index in [0.717, 1.165) is 19.6 Å². The van der Waals surface area contributed by atoms with Crippen molar-refractivity contribution in [2.45, 2.75) is 53.2 Å². The Morgan fingerprint density at radius 1 is 1.11 bits per heavy atom. The number of aryl methyl sites for hydroxylation is 2. The molecule has 2 nitrogen and oxygen atoms in total. The summed E-state index contributed by atoms with van der Waals surface area (Å²) in [4.78, 5) is 0. The predicted octanol–water partition coefficient (Wildman–Crippen LogP) is 3.77. The van der Waals surface area contributed by atoms with E-state index in [1.54, 1.807) is 0 Å². The fourth-order valence-corrected chi connectivity index (χ4v) is 2.31. The Morgan fingerprint density at radius 3 is 2.33 bits per heavy atom. The van der Waals surface area contributed by atoms with Crippen LogP contribution in [0.5, 0.6) is 0 Å². The molecular formula is C16H27NO. The van der Waals surface area contributed by atoms with Crippen molar-refractivity contribution >= 4 is 0 Å². The van der Waals surface area contributed by atoms with Crippen LogP contribution in [0, 0.1) is 13.8 Å². The second kappa shape index (κ2) is 7.55. The van der Waals surface area contributed by atoms with Crippen molar-refractivity contribution < 1.29 is 4.74 Å². The molecule has 0 fully saturated rings. The van der Waals surface area contributed by atoms with Gasteiger partial charge in [-0.15, -0.1) is 0 Å². The molecular weight excluding hydrogens is 222 g/mol. The van der Waals surface area contributed by atoms with Crippen molar-refractivity contribution in [3.05, 3.63) is 34.9 Å². The van der Waals surface area contributed by atoms with Crippen LogP contribution in [0.3, 0.4) is 0 Å². The molecule has 0 saturated heterocycles. The van der Waals surface area contributed by atoms with Crippen LogP contribution in [0.2, 0.25) is 0 Å². The van der Waals surface area contributed by atoms with Crippen molar-refractivity contribution in [3.8, 4) is 0 Å². The molecule has 0 radical (unpaired) electrons. The van der Waals surface area contributed by atoms with Gasteiger partial charge in [-0.2, -0.15) is 0 Å². The summed E-state index contributed by atoms with van der Waals surface area (Å²) in [6.45, 7) is 12.4. The maximum Gasteiger partial charge on any atom is 0.0766 e. The van der Waals surface area contributed by atoms with E-state index in [0.29, 0.717) is 6.04 Å². The Morgan fingerprint density at radius 2 is 1.83 bits per heavy atom. The molecule has 0 amide bonds. The van der Waals surface area contributed by atoms with Gasteiger partial charge in [-0.05, 0) is 50.4 Å². The van der Waals surface area contributed by atoms with Gasteiger partial charge < -0.3 is 10.1 Å². The van der Waals surface area contributed by atoms with Crippen molar-refractivity contribution in [2.24, 2.45) is 0 Å². The topological polar surface area (TPSA) is 21.3 Å². The fourth-order valence-electron chi connectivity index (χ4n) is 2.31. The van der Waals surface area contributed by atoms with Crippen LogP contribution in [-0.4, -0.2) is 19.3 Å². The Kier molecular flexibility index (Phi) is 6.37. The van der Waals surface area contributed by atoms with Crippen molar-refractivity contribution in [2.75, 3.05) is 13.2 Å². The van der Waals surface area contributed by atoms with Crippen molar-refractivity contribution in [3.63, 3.8) is 0 Å². The SMILES string of the molecule is CCNC(c1ccc(C)c(C)c1)C(CC)OCC. The van der Waals surface area contributed by atoms with Gasteiger partial charge in [-0.3, -0.25) is 0 Å². The molecule has 0 aliphatic rings. The van der Waals surface area contributed by atoms with E-state index in [9.17, 15) is 0 Å². The third kappa shape index (κ3) is 3.82. The number of ether oxygens (including phenoxy) is 1. The van der Waals surface area contributed by atoms with Gasteiger partial charge in [0, 0.05) is 6.61 Å². The molecule has 1 aromatic rings. The number of rotatable bonds is 7. The van der Waals surface area contributed by atoms with Gasteiger partial charge in [0.2, 0.25) is 0 Å². The second-order valence-electron chi connectivity index (χ2n) is 4.78. The largest absolute Gasteiger partial charge is 0.377 e. The van der Waals surface area contributed by atoms with E-state index in [1.807, 2.05) is 0 Å². The molecule has 0 heterocycles. The standard InChI is InChI=1S/C16H27NO/c1-6-15(18-8-3)16(17-7-2)14-10-9-12(4)13(5)11-14/h9-11,15-17H,6-8H2,1-5H3. The maximum absolute atomic E-state index is 5.87. The Labute approximate surface area is 112 Å². The van der Waals surface area contributed by atoms with Gasteiger partial charge in [0.1, 0.15) is 0 Å². The highest BCUT2D eigenvalue weighted by Gasteiger charge is 2.21. The van der Waals surface area contributed by atoms with Gasteiger partial charge in [0.25, 0.3) is 0 Å². The average molecular weight is 249 g/mol. The number of benzene rings is 1. The highest BCUT2D eigenvalue weighted by molar-refractivity contribution is 5.32. The molecule has 2 heteroatoms. The first kappa shape index (κ1) is 15.2. The van der Waals surface area contributed by atoms with Gasteiger partial charge in [-0.1, -0.05) is 32.0 Å². The summed E-state index contributed by atoms with van der Waals surface area (Å²) in [5.74, 6) is 0. The Hall–Kier alpha value is -0.860. The summed E-state index contributed by atoms with van der Waals surface area (Å²) >= 11 is 0. The van der Waals surface area contributed by atoms with Crippen LogP contribution < -0.4 is 5.32 Å². The van der Waals surface area contributed by atoms with Crippen LogP contribution in [0.15, 0.2) is 18.2 Å². The minimum absolute atomic E-state index is 0.247. The molecule has 1 aromatic carbocycles. The fraction of sp³-hybridized carbons (Fsp3) is 0.625. The molecule has 2 unspecified atom stereocenters. The lowest BCUT2D eigenvalue weighted by molar-refractivity contribution is 0.0318. The molecule has 18 heavy (non-hydrogen) atoms. The first-order chi connectivity index (χ1) is 8.63. The quantitative estimate of drug-likeness (QED) is 0.794. The third-order valence-corrected chi connectivity index (χ3v) is 3.47. The molecule has 0 spiro atoms. The van der Waals surface area contributed by atoms with Gasteiger partial charge in [0.15, 0.2) is 0 Å². The number of nitrogens with one attached hydrogen (secondary N) is 1. The van der Waals surface area contributed by atoms with Crippen LogP contribution in [0.1, 0.15) is 49.9 Å². The summed E-state index contributed by atoms with van der Waals surface area (Å²) in [5.41, 5.74) is 4.03. The number of hydrogen-bond acceptors (Lipinski definition) is 2. The van der Waals surface area contributed by atoms with E-state index < -0.39 is 0 Å². The van der Waals surface area contributed by atoms with Crippen molar-refractivity contribution in [1.29, 1.82) is 0 Å². The lowest BCUT2D eigenvalue weighted by Gasteiger charge is -2.27. The Balaban J connectivity index is 2.98. The van der Waals surface area contributed by atoms with Gasteiger partial charge >= 0.3 is 0 Å². The summed E-state index contributed by atoms with van der Waals surface area (Å²) in [5, 5.41) is 3.56. The van der Waals surface area contributed by atoms with Gasteiger partial charge in [-0.25, -0.2) is 0 Å². The molecule has 0 saturated carbocycles. The zero-order valence-corrected chi connectivity index (χ0v) is 12.4. The normalized spacial score (nSPS) is 14.5. The summed E-state index contributed by atoms with van der Waals surface area (Å²) in [7, 11) is 0. The molecule has 1 N–H and O–H groups in total. The van der Waals surface area contributed by atoms with E-state index >= 15 is 0 Å². The van der Waals surface area contributed by atoms with E-state index in [1.165, 1.54) is 16.7 Å². The lowest BCUT2D eigenvalue weighted by atomic mass is 9.96. The predicted molar refractivity (Wildman–Crippen MR) is 78.0 cm³/mol. The maximum atomic E-state index is 5.87. The van der Waals surface area contributed by atoms with Crippen LogP contribution in [0.25, 0.3) is 0 Å². The molecule has 0 aliphatic carbocycles. The van der Waals surface area contributed by atoms with E-state index in [-0.39, 0.29) is 6.10 Å². The minimum atomic E-state index is 0.247. The molecule has 1 rings (SSSR count). The minimum Gasteiger partial charge on any atom is -0.377 e. The molecule has 0 aliphatic heterocycles. The zero-order chi connectivity index (χ0) is 13.5. The number of likely N-dealkylation sites (N-methyl/N-ethyl adjacent to an activating group) is 1. The van der Waals surface area contributed by atoms with Crippen LogP contribution in [0.4, 0.5) is 0 Å². The second-order valence-corrected chi connectivity index (χ2v) is 4.78. The number of hydrogen-bond donors (Lipinski definition) is 1.